The molecular weight excluding hydrogens is 261 g/mol. The highest BCUT2D eigenvalue weighted by molar-refractivity contribution is 6.30. The van der Waals surface area contributed by atoms with Crippen molar-refractivity contribution in [3.8, 4) is 0 Å². The summed E-state index contributed by atoms with van der Waals surface area (Å²) < 4.78 is 14.1. The molecule has 1 nitrogen and oxygen atoms in total. The van der Waals surface area contributed by atoms with E-state index in [1.54, 1.807) is 6.07 Å². The lowest BCUT2D eigenvalue weighted by atomic mass is 9.83. The highest BCUT2D eigenvalue weighted by Crippen LogP contribution is 2.34. The van der Waals surface area contributed by atoms with Crippen molar-refractivity contribution >= 4 is 11.6 Å². The van der Waals surface area contributed by atoms with Gasteiger partial charge in [-0.15, -0.1) is 0 Å². The predicted molar refractivity (Wildman–Crippen MR) is 79.0 cm³/mol. The summed E-state index contributed by atoms with van der Waals surface area (Å²) in [4.78, 5) is 0. The summed E-state index contributed by atoms with van der Waals surface area (Å²) in [6.07, 6.45) is 8.88. The molecule has 0 aromatic heterocycles. The smallest absolute Gasteiger partial charge is 0.129 e. The van der Waals surface area contributed by atoms with Crippen LogP contribution >= 0.6 is 11.6 Å². The molecule has 106 valence electrons. The van der Waals surface area contributed by atoms with Crippen molar-refractivity contribution in [1.82, 2.24) is 5.32 Å². The second-order valence-corrected chi connectivity index (χ2v) is 5.97. The molecule has 0 aliphatic heterocycles. The first kappa shape index (κ1) is 14.8. The normalized spacial score (nSPS) is 19.7. The molecule has 0 bridgehead atoms. The van der Waals surface area contributed by atoms with Crippen molar-refractivity contribution in [3.05, 3.63) is 34.6 Å². The lowest BCUT2D eigenvalue weighted by Gasteiger charge is -2.29. The first-order chi connectivity index (χ1) is 9.22. The van der Waals surface area contributed by atoms with Crippen LogP contribution in [0.3, 0.4) is 0 Å². The first-order valence-electron chi connectivity index (χ1n) is 7.34. The Bertz CT molecular complexity index is 400. The molecule has 1 aliphatic carbocycles. The summed E-state index contributed by atoms with van der Waals surface area (Å²) in [7, 11) is 1.93. The molecule has 0 heterocycles. The van der Waals surface area contributed by atoms with Crippen LogP contribution in [-0.2, 0) is 0 Å². The minimum Gasteiger partial charge on any atom is -0.313 e. The number of nitrogens with one attached hydrogen (secondary N) is 1. The Labute approximate surface area is 120 Å². The summed E-state index contributed by atoms with van der Waals surface area (Å²) in [5, 5.41) is 3.78. The molecule has 1 atom stereocenters. The largest absolute Gasteiger partial charge is 0.313 e. The van der Waals surface area contributed by atoms with Gasteiger partial charge in [0.15, 0.2) is 0 Å². The van der Waals surface area contributed by atoms with Crippen LogP contribution in [0, 0.1) is 11.7 Å². The maximum Gasteiger partial charge on any atom is 0.129 e. The summed E-state index contributed by atoms with van der Waals surface area (Å²) in [6, 6.07) is 5.14. The molecule has 1 aromatic rings. The summed E-state index contributed by atoms with van der Waals surface area (Å²) in [5.41, 5.74) is 0.762. The van der Waals surface area contributed by atoms with Crippen LogP contribution in [0.4, 0.5) is 4.39 Å². The first-order valence-corrected chi connectivity index (χ1v) is 7.72. The highest BCUT2D eigenvalue weighted by atomic mass is 35.5. The van der Waals surface area contributed by atoms with E-state index >= 15 is 0 Å². The van der Waals surface area contributed by atoms with Gasteiger partial charge >= 0.3 is 0 Å². The number of hydrogen-bond acceptors (Lipinski definition) is 1. The molecule has 1 unspecified atom stereocenters. The van der Waals surface area contributed by atoms with E-state index < -0.39 is 0 Å². The van der Waals surface area contributed by atoms with Crippen LogP contribution in [0.25, 0.3) is 0 Å². The molecule has 1 N–H and O–H groups in total. The van der Waals surface area contributed by atoms with Crippen molar-refractivity contribution < 1.29 is 4.39 Å². The molecule has 0 amide bonds. The Kier molecular flexibility index (Phi) is 5.65. The Balaban J connectivity index is 2.17. The SMILES string of the molecule is CNC(c1ccc(Cl)cc1F)C1CCCCCCC1. The number of halogens is 2. The molecule has 19 heavy (non-hydrogen) atoms. The molecule has 1 saturated carbocycles. The molecule has 0 radical (unpaired) electrons. The molecule has 1 fully saturated rings. The summed E-state index contributed by atoms with van der Waals surface area (Å²) in [5.74, 6) is 0.342. The van der Waals surface area contributed by atoms with E-state index in [0.717, 1.165) is 5.56 Å². The second-order valence-electron chi connectivity index (χ2n) is 5.54. The maximum absolute atomic E-state index is 14.1. The average Bonchev–Trinajstić information content (AvgIpc) is 2.34. The minimum atomic E-state index is -0.186. The fraction of sp³-hybridized carbons (Fsp3) is 0.625. The molecule has 0 saturated heterocycles. The van der Waals surface area contributed by atoms with Gasteiger partial charge in [-0.3, -0.25) is 0 Å². The molecule has 2 rings (SSSR count). The topological polar surface area (TPSA) is 12.0 Å². The molecule has 1 aromatic carbocycles. The summed E-state index contributed by atoms with van der Waals surface area (Å²) in [6.45, 7) is 0. The van der Waals surface area contributed by atoms with E-state index in [4.69, 9.17) is 11.6 Å². The van der Waals surface area contributed by atoms with Gasteiger partial charge in [0.05, 0.1) is 0 Å². The zero-order valence-electron chi connectivity index (χ0n) is 11.6. The fourth-order valence-electron chi connectivity index (χ4n) is 3.22. The van der Waals surface area contributed by atoms with Gasteiger partial charge in [0.1, 0.15) is 5.82 Å². The minimum absolute atomic E-state index is 0.107. The van der Waals surface area contributed by atoms with Crippen molar-refractivity contribution in [2.24, 2.45) is 5.92 Å². The maximum atomic E-state index is 14.1. The average molecular weight is 284 g/mol. The lowest BCUT2D eigenvalue weighted by Crippen LogP contribution is -2.27. The van der Waals surface area contributed by atoms with Gasteiger partial charge in [-0.05, 0) is 37.9 Å². The Morgan fingerprint density at radius 2 is 1.79 bits per heavy atom. The van der Waals surface area contributed by atoms with Crippen LogP contribution in [0.1, 0.15) is 56.6 Å². The van der Waals surface area contributed by atoms with E-state index in [-0.39, 0.29) is 11.9 Å². The van der Waals surface area contributed by atoms with Gasteiger partial charge in [-0.25, -0.2) is 4.39 Å². The van der Waals surface area contributed by atoms with E-state index in [0.29, 0.717) is 10.9 Å². The third-order valence-electron chi connectivity index (χ3n) is 4.23. The Hall–Kier alpha value is -0.600. The van der Waals surface area contributed by atoms with E-state index in [1.165, 1.54) is 51.0 Å². The molecule has 0 spiro atoms. The third kappa shape index (κ3) is 3.93. The van der Waals surface area contributed by atoms with Crippen LogP contribution < -0.4 is 5.32 Å². The van der Waals surface area contributed by atoms with Gasteiger partial charge in [0.25, 0.3) is 0 Å². The summed E-state index contributed by atoms with van der Waals surface area (Å²) >= 11 is 5.84. The zero-order chi connectivity index (χ0) is 13.7. The zero-order valence-corrected chi connectivity index (χ0v) is 12.3. The predicted octanol–water partition coefficient (Wildman–Crippen LogP) is 5.10. The molecule has 3 heteroatoms. The molecular formula is C16H23ClFN. The number of benzene rings is 1. The van der Waals surface area contributed by atoms with E-state index in [9.17, 15) is 4.39 Å². The monoisotopic (exact) mass is 283 g/mol. The Morgan fingerprint density at radius 3 is 2.37 bits per heavy atom. The van der Waals surface area contributed by atoms with Crippen molar-refractivity contribution in [2.75, 3.05) is 7.05 Å². The fourth-order valence-corrected chi connectivity index (χ4v) is 3.38. The van der Waals surface area contributed by atoms with Crippen LogP contribution in [0.2, 0.25) is 5.02 Å². The van der Waals surface area contributed by atoms with Gasteiger partial charge in [0.2, 0.25) is 0 Å². The molecule has 1 aliphatic rings. The number of hydrogen-bond donors (Lipinski definition) is 1. The van der Waals surface area contributed by atoms with Crippen LogP contribution in [0.15, 0.2) is 18.2 Å². The standard InChI is InChI=1S/C16H23ClFN/c1-19-16(12-7-5-3-2-4-6-8-12)14-10-9-13(17)11-15(14)18/h9-12,16,19H,2-8H2,1H3. The van der Waals surface area contributed by atoms with Gasteiger partial charge in [-0.2, -0.15) is 0 Å². The Morgan fingerprint density at radius 1 is 1.16 bits per heavy atom. The van der Waals surface area contributed by atoms with Crippen molar-refractivity contribution in [3.63, 3.8) is 0 Å². The van der Waals surface area contributed by atoms with E-state index in [1.807, 2.05) is 13.1 Å². The number of rotatable bonds is 3. The highest BCUT2D eigenvalue weighted by Gasteiger charge is 2.24. The van der Waals surface area contributed by atoms with Crippen molar-refractivity contribution in [2.45, 2.75) is 51.0 Å². The van der Waals surface area contributed by atoms with Gasteiger partial charge in [-0.1, -0.05) is 49.8 Å². The van der Waals surface area contributed by atoms with Gasteiger partial charge < -0.3 is 5.32 Å². The quantitative estimate of drug-likeness (QED) is 0.814. The van der Waals surface area contributed by atoms with Crippen molar-refractivity contribution in [1.29, 1.82) is 0 Å². The second kappa shape index (κ2) is 7.25. The van der Waals surface area contributed by atoms with Gasteiger partial charge in [0, 0.05) is 16.6 Å². The third-order valence-corrected chi connectivity index (χ3v) is 4.46. The van der Waals surface area contributed by atoms with Crippen LogP contribution in [-0.4, -0.2) is 7.05 Å². The lowest BCUT2D eigenvalue weighted by molar-refractivity contribution is 0.294. The van der Waals surface area contributed by atoms with E-state index in [2.05, 4.69) is 5.32 Å². The van der Waals surface area contributed by atoms with Crippen LogP contribution in [0.5, 0.6) is 0 Å².